The highest BCUT2D eigenvalue weighted by Gasteiger charge is 2.36. The van der Waals surface area contributed by atoms with E-state index in [-0.39, 0.29) is 6.61 Å². The van der Waals surface area contributed by atoms with Crippen LogP contribution in [0.5, 0.6) is 0 Å². The van der Waals surface area contributed by atoms with Crippen LogP contribution >= 0.6 is 0 Å². The van der Waals surface area contributed by atoms with Crippen molar-refractivity contribution in [3.05, 3.63) is 0 Å². The van der Waals surface area contributed by atoms with E-state index in [1.165, 1.54) is 32.1 Å². The summed E-state index contributed by atoms with van der Waals surface area (Å²) in [7, 11) is 0. The minimum atomic E-state index is 0.282. The van der Waals surface area contributed by atoms with Crippen molar-refractivity contribution in [3.63, 3.8) is 0 Å². The van der Waals surface area contributed by atoms with Crippen molar-refractivity contribution in [3.8, 4) is 0 Å². The molecule has 2 aliphatic rings. The molecule has 1 saturated carbocycles. The molecule has 0 aromatic rings. The Morgan fingerprint density at radius 3 is 2.52 bits per heavy atom. The van der Waals surface area contributed by atoms with E-state index >= 15 is 0 Å². The topological polar surface area (TPSA) is 44.7 Å². The van der Waals surface area contributed by atoms with Gasteiger partial charge in [-0.05, 0) is 37.6 Å². The molecule has 0 atom stereocenters. The third-order valence-electron chi connectivity index (χ3n) is 5.32. The minimum absolute atomic E-state index is 0.282. The summed E-state index contributed by atoms with van der Waals surface area (Å²) in [5, 5.41) is 13.0. The zero-order valence-electron chi connectivity index (χ0n) is 13.8. The number of ether oxygens (including phenoxy) is 1. The lowest BCUT2D eigenvalue weighted by Crippen LogP contribution is -2.51. The molecule has 1 heterocycles. The zero-order chi connectivity index (χ0) is 15.0. The van der Waals surface area contributed by atoms with Crippen LogP contribution in [0.15, 0.2) is 0 Å². The summed E-state index contributed by atoms with van der Waals surface area (Å²) in [5.74, 6) is 0. The fourth-order valence-electron chi connectivity index (χ4n) is 3.98. The van der Waals surface area contributed by atoms with Gasteiger partial charge in [-0.1, -0.05) is 26.2 Å². The Hall–Kier alpha value is -0.160. The highest BCUT2D eigenvalue weighted by Crippen LogP contribution is 2.33. The second kappa shape index (κ2) is 9.09. The molecule has 0 aromatic carbocycles. The summed E-state index contributed by atoms with van der Waals surface area (Å²) >= 11 is 0. The minimum Gasteiger partial charge on any atom is -0.395 e. The largest absolute Gasteiger partial charge is 0.395 e. The van der Waals surface area contributed by atoms with Crippen LogP contribution in [-0.4, -0.2) is 62.0 Å². The van der Waals surface area contributed by atoms with Gasteiger partial charge in [0.2, 0.25) is 0 Å². The van der Waals surface area contributed by atoms with E-state index in [1.54, 1.807) is 0 Å². The van der Waals surface area contributed by atoms with Gasteiger partial charge in [0.05, 0.1) is 6.61 Å². The first-order chi connectivity index (χ1) is 10.3. The standard InChI is InChI=1S/C17H34N2O2/c1-2-18-14-17(8-12-21-13-9-17)15-19(10-11-20)16-6-4-3-5-7-16/h16,18,20H,2-15H2,1H3. The first-order valence-corrected chi connectivity index (χ1v) is 8.93. The van der Waals surface area contributed by atoms with Crippen LogP contribution < -0.4 is 5.32 Å². The molecule has 4 heteroatoms. The lowest BCUT2D eigenvalue weighted by atomic mass is 9.78. The molecule has 1 aliphatic carbocycles. The van der Waals surface area contributed by atoms with E-state index in [0.717, 1.165) is 52.2 Å². The molecule has 2 N–H and O–H groups in total. The van der Waals surface area contributed by atoms with Crippen molar-refractivity contribution in [2.24, 2.45) is 5.41 Å². The number of aliphatic hydroxyl groups excluding tert-OH is 1. The van der Waals surface area contributed by atoms with Gasteiger partial charge in [0, 0.05) is 38.9 Å². The number of hydrogen-bond donors (Lipinski definition) is 2. The molecule has 0 unspecified atom stereocenters. The van der Waals surface area contributed by atoms with Gasteiger partial charge < -0.3 is 15.2 Å². The summed E-state index contributed by atoms with van der Waals surface area (Å²) in [5.41, 5.74) is 0.334. The van der Waals surface area contributed by atoms with Crippen molar-refractivity contribution in [1.29, 1.82) is 0 Å². The van der Waals surface area contributed by atoms with Gasteiger partial charge in [-0.15, -0.1) is 0 Å². The quantitative estimate of drug-likeness (QED) is 0.719. The van der Waals surface area contributed by atoms with E-state index in [4.69, 9.17) is 4.74 Å². The smallest absolute Gasteiger partial charge is 0.0558 e. The maximum atomic E-state index is 9.47. The molecule has 21 heavy (non-hydrogen) atoms. The normalized spacial score (nSPS) is 23.6. The summed E-state index contributed by atoms with van der Waals surface area (Å²) in [4.78, 5) is 2.59. The van der Waals surface area contributed by atoms with Gasteiger partial charge in [0.25, 0.3) is 0 Å². The molecule has 0 spiro atoms. The fraction of sp³-hybridized carbons (Fsp3) is 1.00. The maximum absolute atomic E-state index is 9.47. The van der Waals surface area contributed by atoms with Crippen molar-refractivity contribution < 1.29 is 9.84 Å². The molecular formula is C17H34N2O2. The monoisotopic (exact) mass is 298 g/mol. The molecule has 2 rings (SSSR count). The summed E-state index contributed by atoms with van der Waals surface area (Å²) < 4.78 is 5.60. The Balaban J connectivity index is 1.99. The van der Waals surface area contributed by atoms with Crippen molar-refractivity contribution in [2.45, 2.75) is 57.9 Å². The molecule has 1 saturated heterocycles. The number of nitrogens with one attached hydrogen (secondary N) is 1. The van der Waals surface area contributed by atoms with Crippen LogP contribution in [0.4, 0.5) is 0 Å². The van der Waals surface area contributed by atoms with Crippen LogP contribution in [0, 0.1) is 5.41 Å². The number of aliphatic hydroxyl groups is 1. The van der Waals surface area contributed by atoms with E-state index in [2.05, 4.69) is 17.1 Å². The van der Waals surface area contributed by atoms with Crippen LogP contribution in [-0.2, 0) is 4.74 Å². The molecule has 2 fully saturated rings. The van der Waals surface area contributed by atoms with Crippen molar-refractivity contribution in [2.75, 3.05) is 46.0 Å². The molecule has 0 radical (unpaired) electrons. The highest BCUT2D eigenvalue weighted by molar-refractivity contribution is 4.89. The van der Waals surface area contributed by atoms with Crippen LogP contribution in [0.25, 0.3) is 0 Å². The summed E-state index contributed by atoms with van der Waals surface area (Å²) in [6, 6.07) is 0.687. The molecule has 124 valence electrons. The van der Waals surface area contributed by atoms with E-state index in [0.29, 0.717) is 11.5 Å². The van der Waals surface area contributed by atoms with Crippen LogP contribution in [0.1, 0.15) is 51.9 Å². The van der Waals surface area contributed by atoms with Gasteiger partial charge in [-0.3, -0.25) is 4.90 Å². The van der Waals surface area contributed by atoms with Crippen molar-refractivity contribution in [1.82, 2.24) is 10.2 Å². The molecule has 4 nitrogen and oxygen atoms in total. The number of rotatable bonds is 8. The van der Waals surface area contributed by atoms with Crippen LogP contribution in [0.2, 0.25) is 0 Å². The van der Waals surface area contributed by atoms with Gasteiger partial charge in [0.15, 0.2) is 0 Å². The SMILES string of the molecule is CCNCC1(CN(CCO)C2CCCCC2)CCOCC1. The first kappa shape index (κ1) is 17.2. The van der Waals surface area contributed by atoms with Gasteiger partial charge in [0.1, 0.15) is 0 Å². The Labute approximate surface area is 130 Å². The van der Waals surface area contributed by atoms with E-state index in [1.807, 2.05) is 0 Å². The second-order valence-electron chi connectivity index (χ2n) is 6.88. The zero-order valence-corrected chi connectivity index (χ0v) is 13.8. The van der Waals surface area contributed by atoms with Gasteiger partial charge in [-0.2, -0.15) is 0 Å². The number of hydrogen-bond acceptors (Lipinski definition) is 4. The maximum Gasteiger partial charge on any atom is 0.0558 e. The van der Waals surface area contributed by atoms with E-state index in [9.17, 15) is 5.11 Å². The first-order valence-electron chi connectivity index (χ1n) is 8.93. The predicted molar refractivity (Wildman–Crippen MR) is 86.6 cm³/mol. The average Bonchev–Trinajstić information content (AvgIpc) is 2.54. The average molecular weight is 298 g/mol. The summed E-state index contributed by atoms with van der Waals surface area (Å²) in [6.07, 6.45) is 9.02. The van der Waals surface area contributed by atoms with Crippen molar-refractivity contribution >= 4 is 0 Å². The lowest BCUT2D eigenvalue weighted by molar-refractivity contribution is -0.0181. The van der Waals surface area contributed by atoms with Gasteiger partial charge in [-0.25, -0.2) is 0 Å². The molecule has 0 aromatic heterocycles. The molecule has 1 aliphatic heterocycles. The molecular weight excluding hydrogens is 264 g/mol. The number of nitrogens with zero attached hydrogens (tertiary/aromatic N) is 1. The Morgan fingerprint density at radius 2 is 1.90 bits per heavy atom. The predicted octanol–water partition coefficient (Wildman–Crippen LogP) is 2.02. The van der Waals surface area contributed by atoms with Gasteiger partial charge >= 0.3 is 0 Å². The Morgan fingerprint density at radius 1 is 1.19 bits per heavy atom. The fourth-order valence-corrected chi connectivity index (χ4v) is 3.98. The second-order valence-corrected chi connectivity index (χ2v) is 6.88. The van der Waals surface area contributed by atoms with E-state index < -0.39 is 0 Å². The molecule has 0 amide bonds. The highest BCUT2D eigenvalue weighted by atomic mass is 16.5. The van der Waals surface area contributed by atoms with Crippen LogP contribution in [0.3, 0.4) is 0 Å². The Bertz CT molecular complexity index is 274. The molecule has 0 bridgehead atoms. The third kappa shape index (κ3) is 5.20. The lowest BCUT2D eigenvalue weighted by Gasteiger charge is -2.44. The Kier molecular flexibility index (Phi) is 7.44. The summed E-state index contributed by atoms with van der Waals surface area (Å²) in [6.45, 7) is 8.32. The third-order valence-corrected chi connectivity index (χ3v) is 5.32.